The van der Waals surface area contributed by atoms with Gasteiger partial charge < -0.3 is 4.74 Å². The fourth-order valence-electron chi connectivity index (χ4n) is 0.559. The molecule has 0 heterocycles. The van der Waals surface area contributed by atoms with E-state index in [2.05, 4.69) is 10.2 Å². The molecule has 0 amide bonds. The first kappa shape index (κ1) is 10.7. The summed E-state index contributed by atoms with van der Waals surface area (Å²) in [5.74, 6) is 0. The number of methoxy groups -OCH3 is 1. The van der Waals surface area contributed by atoms with Crippen LogP contribution in [0.2, 0.25) is 0 Å². The van der Waals surface area contributed by atoms with E-state index in [1.807, 2.05) is 5.43 Å². The SMILES string of the molecule is CNNC(COC)C(F)(F)F. The van der Waals surface area contributed by atoms with Crippen molar-refractivity contribution in [1.29, 1.82) is 0 Å². The maximum absolute atomic E-state index is 11.9. The van der Waals surface area contributed by atoms with Gasteiger partial charge in [-0.1, -0.05) is 0 Å². The van der Waals surface area contributed by atoms with Gasteiger partial charge in [-0.15, -0.1) is 0 Å². The Bertz CT molecular complexity index is 100. The fourth-order valence-corrected chi connectivity index (χ4v) is 0.559. The third-order valence-electron chi connectivity index (χ3n) is 1.05. The Morgan fingerprint density at radius 3 is 2.27 bits per heavy atom. The van der Waals surface area contributed by atoms with Crippen LogP contribution in [-0.4, -0.2) is 33.0 Å². The summed E-state index contributed by atoms with van der Waals surface area (Å²) in [6.45, 7) is -0.398. The molecule has 0 saturated carbocycles. The highest BCUT2D eigenvalue weighted by Gasteiger charge is 2.39. The lowest BCUT2D eigenvalue weighted by Crippen LogP contribution is -2.50. The van der Waals surface area contributed by atoms with Crippen molar-refractivity contribution >= 4 is 0 Å². The van der Waals surface area contributed by atoms with Crippen molar-refractivity contribution in [3.8, 4) is 0 Å². The van der Waals surface area contributed by atoms with E-state index in [0.29, 0.717) is 0 Å². The molecule has 0 aliphatic heterocycles. The highest BCUT2D eigenvalue weighted by molar-refractivity contribution is 4.71. The van der Waals surface area contributed by atoms with Gasteiger partial charge in [0.15, 0.2) is 0 Å². The van der Waals surface area contributed by atoms with E-state index in [1.165, 1.54) is 14.2 Å². The second-order valence-electron chi connectivity index (χ2n) is 1.94. The van der Waals surface area contributed by atoms with Crippen LogP contribution in [-0.2, 0) is 4.74 Å². The van der Waals surface area contributed by atoms with Crippen LogP contribution in [0.5, 0.6) is 0 Å². The standard InChI is InChI=1S/C5H11F3N2O/c1-9-10-4(3-11-2)5(6,7)8/h4,9-10H,3H2,1-2H3. The number of rotatable bonds is 4. The van der Waals surface area contributed by atoms with Crippen molar-refractivity contribution in [2.75, 3.05) is 20.8 Å². The van der Waals surface area contributed by atoms with E-state index in [0.717, 1.165) is 0 Å². The Balaban J connectivity index is 3.88. The molecular weight excluding hydrogens is 161 g/mol. The minimum absolute atomic E-state index is 0.398. The maximum atomic E-state index is 11.9. The number of alkyl halides is 3. The molecule has 6 heteroatoms. The molecule has 0 aromatic rings. The van der Waals surface area contributed by atoms with Crippen LogP contribution in [0, 0.1) is 0 Å². The highest BCUT2D eigenvalue weighted by atomic mass is 19.4. The molecular formula is C5H11F3N2O. The predicted octanol–water partition coefficient (Wildman–Crippen LogP) is 0.288. The number of ether oxygens (including phenoxy) is 1. The highest BCUT2D eigenvalue weighted by Crippen LogP contribution is 2.19. The first-order valence-electron chi connectivity index (χ1n) is 3.00. The Kier molecular flexibility index (Phi) is 4.39. The van der Waals surface area contributed by atoms with Crippen LogP contribution in [0.25, 0.3) is 0 Å². The van der Waals surface area contributed by atoms with Gasteiger partial charge in [-0.05, 0) is 7.05 Å². The Morgan fingerprint density at radius 2 is 2.00 bits per heavy atom. The molecule has 0 spiro atoms. The number of halogens is 3. The number of hydrogen-bond donors (Lipinski definition) is 2. The lowest BCUT2D eigenvalue weighted by Gasteiger charge is -2.19. The van der Waals surface area contributed by atoms with Gasteiger partial charge in [0.05, 0.1) is 6.61 Å². The van der Waals surface area contributed by atoms with Gasteiger partial charge in [0, 0.05) is 7.11 Å². The predicted molar refractivity (Wildman–Crippen MR) is 33.9 cm³/mol. The van der Waals surface area contributed by atoms with Gasteiger partial charge in [-0.3, -0.25) is 5.43 Å². The van der Waals surface area contributed by atoms with Gasteiger partial charge in [-0.2, -0.15) is 13.2 Å². The third kappa shape index (κ3) is 4.18. The van der Waals surface area contributed by atoms with E-state index in [1.54, 1.807) is 0 Å². The fraction of sp³-hybridized carbons (Fsp3) is 1.00. The van der Waals surface area contributed by atoms with Crippen LogP contribution in [0.4, 0.5) is 13.2 Å². The molecule has 0 radical (unpaired) electrons. The van der Waals surface area contributed by atoms with Crippen molar-refractivity contribution in [1.82, 2.24) is 10.9 Å². The first-order chi connectivity index (χ1) is 5.02. The molecule has 1 atom stereocenters. The second-order valence-corrected chi connectivity index (χ2v) is 1.94. The van der Waals surface area contributed by atoms with Gasteiger partial charge in [0.2, 0.25) is 0 Å². The molecule has 0 fully saturated rings. The number of hydrazine groups is 1. The summed E-state index contributed by atoms with van der Waals surface area (Å²) in [5, 5.41) is 0. The minimum atomic E-state index is -4.28. The molecule has 0 rings (SSSR count). The minimum Gasteiger partial charge on any atom is -0.383 e. The van der Waals surface area contributed by atoms with Crippen molar-refractivity contribution in [2.24, 2.45) is 0 Å². The molecule has 0 aromatic carbocycles. The number of nitrogens with one attached hydrogen (secondary N) is 2. The summed E-state index contributed by atoms with van der Waals surface area (Å²) in [6.07, 6.45) is -4.28. The molecule has 3 nitrogen and oxygen atoms in total. The quantitative estimate of drug-likeness (QED) is 0.598. The zero-order valence-corrected chi connectivity index (χ0v) is 6.33. The molecule has 0 saturated heterocycles. The molecule has 68 valence electrons. The molecule has 2 N–H and O–H groups in total. The van der Waals surface area contributed by atoms with Crippen molar-refractivity contribution < 1.29 is 17.9 Å². The summed E-state index contributed by atoms with van der Waals surface area (Å²) in [7, 11) is 2.59. The zero-order valence-electron chi connectivity index (χ0n) is 6.33. The zero-order chi connectivity index (χ0) is 8.91. The average molecular weight is 172 g/mol. The molecule has 0 aliphatic rings. The van der Waals surface area contributed by atoms with E-state index in [-0.39, 0.29) is 0 Å². The van der Waals surface area contributed by atoms with Crippen LogP contribution in [0.15, 0.2) is 0 Å². The third-order valence-corrected chi connectivity index (χ3v) is 1.05. The molecule has 0 aromatic heterocycles. The van der Waals surface area contributed by atoms with Gasteiger partial charge in [0.1, 0.15) is 6.04 Å². The topological polar surface area (TPSA) is 33.3 Å². The van der Waals surface area contributed by atoms with Crippen LogP contribution in [0.1, 0.15) is 0 Å². The second kappa shape index (κ2) is 4.53. The smallest absolute Gasteiger partial charge is 0.383 e. The van der Waals surface area contributed by atoms with Crippen LogP contribution >= 0.6 is 0 Å². The average Bonchev–Trinajstić information content (AvgIpc) is 1.85. The maximum Gasteiger partial charge on any atom is 0.407 e. The normalized spacial score (nSPS) is 15.0. The summed E-state index contributed by atoms with van der Waals surface area (Å²) in [4.78, 5) is 0. The monoisotopic (exact) mass is 172 g/mol. The summed E-state index contributed by atoms with van der Waals surface area (Å²) >= 11 is 0. The van der Waals surface area contributed by atoms with Gasteiger partial charge in [0.25, 0.3) is 0 Å². The van der Waals surface area contributed by atoms with Gasteiger partial charge in [-0.25, -0.2) is 5.43 Å². The summed E-state index contributed by atoms with van der Waals surface area (Å²) < 4.78 is 40.1. The lowest BCUT2D eigenvalue weighted by molar-refractivity contribution is -0.168. The van der Waals surface area contributed by atoms with Crippen LogP contribution < -0.4 is 10.9 Å². The Morgan fingerprint density at radius 1 is 1.45 bits per heavy atom. The van der Waals surface area contributed by atoms with E-state index < -0.39 is 18.8 Å². The van der Waals surface area contributed by atoms with Crippen LogP contribution in [0.3, 0.4) is 0 Å². The van der Waals surface area contributed by atoms with Crippen molar-refractivity contribution in [3.05, 3.63) is 0 Å². The molecule has 11 heavy (non-hydrogen) atoms. The van der Waals surface area contributed by atoms with Gasteiger partial charge >= 0.3 is 6.18 Å². The van der Waals surface area contributed by atoms with E-state index in [9.17, 15) is 13.2 Å². The van der Waals surface area contributed by atoms with Crippen molar-refractivity contribution in [3.63, 3.8) is 0 Å². The largest absolute Gasteiger partial charge is 0.407 e. The lowest BCUT2D eigenvalue weighted by atomic mass is 10.3. The van der Waals surface area contributed by atoms with E-state index >= 15 is 0 Å². The summed E-state index contributed by atoms with van der Waals surface area (Å²) in [6, 6.07) is -1.66. The summed E-state index contributed by atoms with van der Waals surface area (Å²) in [5.41, 5.74) is 4.23. The Labute approximate surface area is 62.9 Å². The van der Waals surface area contributed by atoms with E-state index in [4.69, 9.17) is 0 Å². The molecule has 0 bridgehead atoms. The first-order valence-corrected chi connectivity index (χ1v) is 3.00. The molecule has 0 aliphatic carbocycles. The molecule has 1 unspecified atom stereocenters. The Hall–Kier alpha value is -0.330. The van der Waals surface area contributed by atoms with Crippen molar-refractivity contribution in [2.45, 2.75) is 12.2 Å². The number of hydrogen-bond acceptors (Lipinski definition) is 3.